The number of phenolic OH excluding ortho intramolecular Hbond substituents is 2. The van der Waals surface area contributed by atoms with Crippen LogP contribution in [0, 0.1) is 0 Å². The van der Waals surface area contributed by atoms with Crippen LogP contribution in [0.1, 0.15) is 11.1 Å². The Morgan fingerprint density at radius 3 is 2.20 bits per heavy atom. The summed E-state index contributed by atoms with van der Waals surface area (Å²) in [7, 11) is 0. The maximum atomic E-state index is 12.2. The average Bonchev–Trinajstić information content (AvgIpc) is 2.59. The number of hydrogen-bond acceptors (Lipinski definition) is 5. The van der Waals surface area contributed by atoms with E-state index in [-0.39, 0.29) is 23.8 Å². The Kier molecular flexibility index (Phi) is 4.95. The first-order valence-electron chi connectivity index (χ1n) is 7.52. The molecular weight excluding hydrogens is 386 g/mol. The van der Waals surface area contributed by atoms with Gasteiger partial charge in [-0.25, -0.2) is 0 Å². The third kappa shape index (κ3) is 4.33. The summed E-state index contributed by atoms with van der Waals surface area (Å²) < 4.78 is 0.595. The van der Waals surface area contributed by atoms with Gasteiger partial charge < -0.3 is 26.2 Å². The monoisotopic (exact) mass is 401 g/mol. The summed E-state index contributed by atoms with van der Waals surface area (Å²) in [5.74, 6) is 0.685. The van der Waals surface area contributed by atoms with Gasteiger partial charge in [0.15, 0.2) is 0 Å². The summed E-state index contributed by atoms with van der Waals surface area (Å²) in [5, 5.41) is 27.6. The first-order valence-corrected chi connectivity index (χ1v) is 8.31. The zero-order valence-electron chi connectivity index (χ0n) is 13.1. The number of hydrogen-bond donors (Lipinski definition) is 5. The van der Waals surface area contributed by atoms with E-state index in [1.54, 1.807) is 54.7 Å². The van der Waals surface area contributed by atoms with E-state index >= 15 is 0 Å². The molecule has 2 aromatic rings. The molecule has 0 spiro atoms. The standard InChI is InChI=1S/C18H16BrN3O3/c19-17-18(22-16(25)9-11-1-5-13(23)6-2-11)20-10-15(21-17)12-3-7-14(24)8-4-12/h1-8,10,20-21,23-24H,9H2,(H,22,25). The highest BCUT2D eigenvalue weighted by Crippen LogP contribution is 2.21. The Morgan fingerprint density at radius 1 is 1.00 bits per heavy atom. The van der Waals surface area contributed by atoms with Gasteiger partial charge in [0.1, 0.15) is 21.9 Å². The van der Waals surface area contributed by atoms with E-state index in [4.69, 9.17) is 0 Å². The summed E-state index contributed by atoms with van der Waals surface area (Å²) in [5.41, 5.74) is 2.48. The van der Waals surface area contributed by atoms with E-state index in [2.05, 4.69) is 31.9 Å². The van der Waals surface area contributed by atoms with Crippen molar-refractivity contribution in [3.8, 4) is 11.5 Å². The van der Waals surface area contributed by atoms with Gasteiger partial charge in [0.05, 0.1) is 12.1 Å². The van der Waals surface area contributed by atoms with Crippen LogP contribution in [-0.4, -0.2) is 16.1 Å². The second kappa shape index (κ2) is 7.31. The van der Waals surface area contributed by atoms with Crippen LogP contribution in [0.2, 0.25) is 0 Å². The van der Waals surface area contributed by atoms with E-state index in [1.165, 1.54) is 0 Å². The van der Waals surface area contributed by atoms with Gasteiger partial charge in [-0.1, -0.05) is 12.1 Å². The zero-order chi connectivity index (χ0) is 17.8. The maximum Gasteiger partial charge on any atom is 0.229 e. The summed E-state index contributed by atoms with van der Waals surface area (Å²) >= 11 is 3.40. The van der Waals surface area contributed by atoms with Crippen LogP contribution in [0.4, 0.5) is 0 Å². The van der Waals surface area contributed by atoms with E-state index in [0.717, 1.165) is 16.8 Å². The van der Waals surface area contributed by atoms with Gasteiger partial charge >= 0.3 is 0 Å². The minimum Gasteiger partial charge on any atom is -0.508 e. The number of phenols is 2. The van der Waals surface area contributed by atoms with Crippen LogP contribution in [-0.2, 0) is 11.2 Å². The number of halogens is 1. The molecule has 1 aliphatic heterocycles. The highest BCUT2D eigenvalue weighted by atomic mass is 79.9. The maximum absolute atomic E-state index is 12.2. The second-order valence-corrected chi connectivity index (χ2v) is 6.25. The first kappa shape index (κ1) is 16.9. The first-order chi connectivity index (χ1) is 12.0. The predicted molar refractivity (Wildman–Crippen MR) is 98.3 cm³/mol. The molecule has 0 radical (unpaired) electrons. The van der Waals surface area contributed by atoms with E-state index in [0.29, 0.717) is 10.4 Å². The number of rotatable bonds is 4. The van der Waals surface area contributed by atoms with Gasteiger partial charge in [-0.15, -0.1) is 0 Å². The number of aromatic hydroxyl groups is 2. The second-order valence-electron chi connectivity index (χ2n) is 5.45. The molecule has 6 nitrogen and oxygen atoms in total. The molecular formula is C18H16BrN3O3. The molecule has 0 aromatic heterocycles. The van der Waals surface area contributed by atoms with Crippen molar-refractivity contribution in [1.29, 1.82) is 0 Å². The van der Waals surface area contributed by atoms with E-state index < -0.39 is 0 Å². The molecule has 7 heteroatoms. The molecule has 0 unspecified atom stereocenters. The Hall–Kier alpha value is -2.93. The van der Waals surface area contributed by atoms with Crippen LogP contribution < -0.4 is 16.0 Å². The SMILES string of the molecule is O=C(Cc1ccc(O)cc1)NC1=C(Br)NC(c2ccc(O)cc2)=CN1. The molecule has 0 atom stereocenters. The zero-order valence-corrected chi connectivity index (χ0v) is 14.7. The highest BCUT2D eigenvalue weighted by molar-refractivity contribution is 9.11. The normalized spacial score (nSPS) is 13.6. The van der Waals surface area contributed by atoms with Crippen LogP contribution >= 0.6 is 15.9 Å². The van der Waals surface area contributed by atoms with Gasteiger partial charge in [0.25, 0.3) is 0 Å². The third-order valence-corrected chi connectivity index (χ3v) is 4.16. The fourth-order valence-corrected chi connectivity index (χ4v) is 2.72. The minimum absolute atomic E-state index is 0.166. The average molecular weight is 402 g/mol. The molecule has 0 bridgehead atoms. The molecule has 2 aromatic carbocycles. The molecule has 0 fully saturated rings. The number of nitrogens with one attached hydrogen (secondary N) is 3. The number of amides is 1. The van der Waals surface area contributed by atoms with Crippen molar-refractivity contribution < 1.29 is 15.0 Å². The van der Waals surface area contributed by atoms with Crippen LogP contribution in [0.5, 0.6) is 11.5 Å². The predicted octanol–water partition coefficient (Wildman–Crippen LogP) is 2.47. The minimum atomic E-state index is -0.187. The third-order valence-electron chi connectivity index (χ3n) is 3.57. The van der Waals surface area contributed by atoms with Gasteiger partial charge in [-0.05, 0) is 63.5 Å². The topological polar surface area (TPSA) is 93.6 Å². The van der Waals surface area contributed by atoms with Crippen molar-refractivity contribution in [3.63, 3.8) is 0 Å². The lowest BCUT2D eigenvalue weighted by atomic mass is 10.1. The van der Waals surface area contributed by atoms with Crippen molar-refractivity contribution in [1.82, 2.24) is 16.0 Å². The summed E-state index contributed by atoms with van der Waals surface area (Å²) in [6, 6.07) is 13.3. The molecule has 5 N–H and O–H groups in total. The van der Waals surface area contributed by atoms with Crippen molar-refractivity contribution in [2.24, 2.45) is 0 Å². The molecule has 0 aliphatic carbocycles. The van der Waals surface area contributed by atoms with Gasteiger partial charge in [-0.2, -0.15) is 0 Å². The van der Waals surface area contributed by atoms with Crippen molar-refractivity contribution in [3.05, 3.63) is 76.3 Å². The lowest BCUT2D eigenvalue weighted by Gasteiger charge is -2.21. The molecule has 128 valence electrons. The molecule has 0 saturated carbocycles. The van der Waals surface area contributed by atoms with Crippen LogP contribution in [0.25, 0.3) is 5.70 Å². The van der Waals surface area contributed by atoms with Crippen LogP contribution in [0.3, 0.4) is 0 Å². The number of carbonyl (C=O) groups is 1. The molecule has 1 amide bonds. The fraction of sp³-hybridized carbons (Fsp3) is 0.0556. The quantitative estimate of drug-likeness (QED) is 0.507. The summed E-state index contributed by atoms with van der Waals surface area (Å²) in [6.45, 7) is 0. The Balaban J connectivity index is 1.62. The Bertz CT molecular complexity index is 843. The van der Waals surface area contributed by atoms with Crippen molar-refractivity contribution in [2.45, 2.75) is 6.42 Å². The molecule has 0 saturated heterocycles. The lowest BCUT2D eigenvalue weighted by Crippen LogP contribution is -2.36. The number of carbonyl (C=O) groups excluding carboxylic acids is 1. The van der Waals surface area contributed by atoms with Gasteiger partial charge in [0, 0.05) is 6.20 Å². The van der Waals surface area contributed by atoms with Gasteiger partial charge in [-0.3, -0.25) is 4.79 Å². The molecule has 1 heterocycles. The van der Waals surface area contributed by atoms with Crippen LogP contribution in [0.15, 0.2) is 65.2 Å². The fourth-order valence-electron chi connectivity index (χ4n) is 2.29. The Labute approximate surface area is 153 Å². The lowest BCUT2D eigenvalue weighted by molar-refractivity contribution is -0.119. The molecule has 25 heavy (non-hydrogen) atoms. The molecule has 1 aliphatic rings. The van der Waals surface area contributed by atoms with Gasteiger partial charge in [0.2, 0.25) is 5.91 Å². The summed E-state index contributed by atoms with van der Waals surface area (Å²) in [6.07, 6.45) is 1.92. The van der Waals surface area contributed by atoms with Crippen molar-refractivity contribution in [2.75, 3.05) is 0 Å². The number of benzene rings is 2. The van der Waals surface area contributed by atoms with Crippen molar-refractivity contribution >= 4 is 27.5 Å². The summed E-state index contributed by atoms with van der Waals surface area (Å²) in [4.78, 5) is 12.2. The van der Waals surface area contributed by atoms with E-state index in [9.17, 15) is 15.0 Å². The Morgan fingerprint density at radius 2 is 1.60 bits per heavy atom. The smallest absolute Gasteiger partial charge is 0.229 e. The highest BCUT2D eigenvalue weighted by Gasteiger charge is 2.15. The largest absolute Gasteiger partial charge is 0.508 e. The van der Waals surface area contributed by atoms with E-state index in [1.807, 2.05) is 0 Å². The molecule has 3 rings (SSSR count).